The van der Waals surface area contributed by atoms with Gasteiger partial charge in [0.2, 0.25) is 5.82 Å². The molecule has 1 atom stereocenters. The van der Waals surface area contributed by atoms with Gasteiger partial charge in [0.05, 0.1) is 6.54 Å². The van der Waals surface area contributed by atoms with E-state index >= 15 is 0 Å². The first-order valence-electron chi connectivity index (χ1n) is 3.93. The van der Waals surface area contributed by atoms with E-state index in [4.69, 9.17) is 5.73 Å². The van der Waals surface area contributed by atoms with E-state index in [0.29, 0.717) is 12.4 Å². The van der Waals surface area contributed by atoms with Crippen LogP contribution in [-0.4, -0.2) is 31.9 Å². The fraction of sp³-hybridized carbons (Fsp3) is 0.833. The molecule has 0 saturated heterocycles. The summed E-state index contributed by atoms with van der Waals surface area (Å²) in [6, 6.07) is 0. The maximum absolute atomic E-state index is 9.21. The average molecular weight is 171 g/mol. The molecule has 0 aliphatic carbocycles. The summed E-state index contributed by atoms with van der Waals surface area (Å²) in [6.07, 6.45) is 0.143. The van der Waals surface area contributed by atoms with Gasteiger partial charge in [-0.2, -0.15) is 4.80 Å². The molecule has 1 aromatic heterocycles. The summed E-state index contributed by atoms with van der Waals surface area (Å²) >= 11 is 0. The number of hydrogen-bond acceptors (Lipinski definition) is 5. The Bertz CT molecular complexity index is 236. The molecular weight excluding hydrogens is 158 g/mol. The molecule has 0 amide bonds. The standard InChI is InChI=1S/C6H13N5O/c1-2-3-11-9-6(8-10-11)5(12)4-7/h5,12H,2-4,7H2,1H3. The molecule has 6 nitrogen and oxygen atoms in total. The Labute approximate surface area is 70.4 Å². The lowest BCUT2D eigenvalue weighted by molar-refractivity contribution is 0.176. The van der Waals surface area contributed by atoms with Crippen molar-refractivity contribution in [1.82, 2.24) is 20.2 Å². The zero-order chi connectivity index (χ0) is 8.97. The minimum atomic E-state index is -0.796. The predicted molar refractivity (Wildman–Crippen MR) is 42.1 cm³/mol. The summed E-state index contributed by atoms with van der Waals surface area (Å²) in [5.41, 5.74) is 5.22. The molecular formula is C6H13N5O. The minimum absolute atomic E-state index is 0.123. The third kappa shape index (κ3) is 1.99. The summed E-state index contributed by atoms with van der Waals surface area (Å²) in [5, 5.41) is 20.5. The lowest BCUT2D eigenvalue weighted by Gasteiger charge is -1.98. The quantitative estimate of drug-likeness (QED) is 0.611. The summed E-state index contributed by atoms with van der Waals surface area (Å²) in [6.45, 7) is 2.85. The van der Waals surface area contributed by atoms with Crippen molar-refractivity contribution in [3.8, 4) is 0 Å². The van der Waals surface area contributed by atoms with Crippen molar-refractivity contribution in [2.75, 3.05) is 6.54 Å². The first-order chi connectivity index (χ1) is 5.77. The fourth-order valence-corrected chi connectivity index (χ4v) is 0.789. The molecule has 0 saturated carbocycles. The molecule has 0 aliphatic rings. The van der Waals surface area contributed by atoms with E-state index in [1.807, 2.05) is 6.92 Å². The van der Waals surface area contributed by atoms with Gasteiger partial charge in [0, 0.05) is 6.54 Å². The van der Waals surface area contributed by atoms with Gasteiger partial charge in [-0.1, -0.05) is 6.92 Å². The van der Waals surface area contributed by atoms with Crippen LogP contribution in [0.2, 0.25) is 0 Å². The lowest BCUT2D eigenvalue weighted by Crippen LogP contribution is -2.13. The van der Waals surface area contributed by atoms with Crippen LogP contribution < -0.4 is 5.73 Å². The topological polar surface area (TPSA) is 89.8 Å². The molecule has 0 fully saturated rings. The number of aryl methyl sites for hydroxylation is 1. The highest BCUT2D eigenvalue weighted by Gasteiger charge is 2.10. The molecule has 12 heavy (non-hydrogen) atoms. The summed E-state index contributed by atoms with van der Waals surface area (Å²) in [7, 11) is 0. The Morgan fingerprint density at radius 2 is 2.42 bits per heavy atom. The predicted octanol–water partition coefficient (Wildman–Crippen LogP) is -0.925. The molecule has 0 aromatic carbocycles. The van der Waals surface area contributed by atoms with E-state index in [9.17, 15) is 5.11 Å². The van der Waals surface area contributed by atoms with Gasteiger partial charge < -0.3 is 10.8 Å². The first kappa shape index (κ1) is 9.08. The highest BCUT2D eigenvalue weighted by atomic mass is 16.3. The van der Waals surface area contributed by atoms with E-state index in [1.54, 1.807) is 0 Å². The molecule has 3 N–H and O–H groups in total. The SMILES string of the molecule is CCCn1nnc(C(O)CN)n1. The number of tetrazole rings is 1. The van der Waals surface area contributed by atoms with Crippen LogP contribution >= 0.6 is 0 Å². The number of aliphatic hydroxyl groups is 1. The van der Waals surface area contributed by atoms with Crippen molar-refractivity contribution < 1.29 is 5.11 Å². The highest BCUT2D eigenvalue weighted by molar-refractivity contribution is 4.83. The van der Waals surface area contributed by atoms with Gasteiger partial charge in [0.1, 0.15) is 6.10 Å². The van der Waals surface area contributed by atoms with E-state index < -0.39 is 6.10 Å². The van der Waals surface area contributed by atoms with Crippen molar-refractivity contribution in [3.63, 3.8) is 0 Å². The molecule has 1 rings (SSSR count). The second-order valence-electron chi connectivity index (χ2n) is 2.50. The van der Waals surface area contributed by atoms with Crippen LogP contribution in [0.15, 0.2) is 0 Å². The average Bonchev–Trinajstić information content (AvgIpc) is 2.52. The number of rotatable bonds is 4. The second-order valence-corrected chi connectivity index (χ2v) is 2.50. The third-order valence-corrected chi connectivity index (χ3v) is 1.41. The Kier molecular flexibility index (Phi) is 3.12. The molecule has 1 heterocycles. The lowest BCUT2D eigenvalue weighted by atomic mass is 10.3. The molecule has 1 aromatic rings. The monoisotopic (exact) mass is 171 g/mol. The van der Waals surface area contributed by atoms with Gasteiger partial charge in [0.15, 0.2) is 0 Å². The van der Waals surface area contributed by atoms with Gasteiger partial charge in [-0.3, -0.25) is 0 Å². The van der Waals surface area contributed by atoms with Crippen molar-refractivity contribution in [3.05, 3.63) is 5.82 Å². The molecule has 1 unspecified atom stereocenters. The largest absolute Gasteiger partial charge is 0.384 e. The zero-order valence-electron chi connectivity index (χ0n) is 7.01. The van der Waals surface area contributed by atoms with Crippen molar-refractivity contribution in [2.24, 2.45) is 5.73 Å². The summed E-state index contributed by atoms with van der Waals surface area (Å²) in [4.78, 5) is 1.45. The summed E-state index contributed by atoms with van der Waals surface area (Å²) < 4.78 is 0. The molecule has 0 bridgehead atoms. The Balaban J connectivity index is 2.63. The van der Waals surface area contributed by atoms with Crippen molar-refractivity contribution >= 4 is 0 Å². The maximum Gasteiger partial charge on any atom is 0.204 e. The second kappa shape index (κ2) is 4.13. The van der Waals surface area contributed by atoms with Crippen molar-refractivity contribution in [2.45, 2.75) is 26.0 Å². The van der Waals surface area contributed by atoms with Crippen LogP contribution in [0.1, 0.15) is 25.3 Å². The van der Waals surface area contributed by atoms with Crippen molar-refractivity contribution in [1.29, 1.82) is 0 Å². The molecule has 0 spiro atoms. The van der Waals surface area contributed by atoms with Crippen LogP contribution in [0.4, 0.5) is 0 Å². The normalized spacial score (nSPS) is 13.2. The van der Waals surface area contributed by atoms with Gasteiger partial charge in [-0.25, -0.2) is 0 Å². The maximum atomic E-state index is 9.21. The van der Waals surface area contributed by atoms with Crippen LogP contribution in [-0.2, 0) is 6.54 Å². The van der Waals surface area contributed by atoms with Gasteiger partial charge in [-0.05, 0) is 11.6 Å². The number of aromatic nitrogens is 4. The smallest absolute Gasteiger partial charge is 0.204 e. The molecule has 6 heteroatoms. The third-order valence-electron chi connectivity index (χ3n) is 1.41. The van der Waals surface area contributed by atoms with Crippen LogP contribution in [0.25, 0.3) is 0 Å². The Morgan fingerprint density at radius 1 is 1.67 bits per heavy atom. The number of aliphatic hydroxyl groups excluding tert-OH is 1. The Morgan fingerprint density at radius 3 is 3.00 bits per heavy atom. The minimum Gasteiger partial charge on any atom is -0.384 e. The zero-order valence-corrected chi connectivity index (χ0v) is 7.01. The van der Waals surface area contributed by atoms with E-state index in [0.717, 1.165) is 6.42 Å². The number of hydrogen-bond donors (Lipinski definition) is 2. The molecule has 68 valence electrons. The molecule has 0 aliphatic heterocycles. The van der Waals surface area contributed by atoms with Gasteiger partial charge in [0.25, 0.3) is 0 Å². The Hall–Kier alpha value is -1.01. The van der Waals surface area contributed by atoms with E-state index in [2.05, 4.69) is 15.4 Å². The highest BCUT2D eigenvalue weighted by Crippen LogP contribution is 2.01. The van der Waals surface area contributed by atoms with Gasteiger partial charge >= 0.3 is 0 Å². The first-order valence-corrected chi connectivity index (χ1v) is 3.93. The van der Waals surface area contributed by atoms with Crippen LogP contribution in [0, 0.1) is 0 Å². The van der Waals surface area contributed by atoms with Crippen LogP contribution in [0.5, 0.6) is 0 Å². The fourth-order valence-electron chi connectivity index (χ4n) is 0.789. The van der Waals surface area contributed by atoms with Gasteiger partial charge in [-0.15, -0.1) is 10.2 Å². The van der Waals surface area contributed by atoms with E-state index in [1.165, 1.54) is 4.80 Å². The molecule has 0 radical (unpaired) electrons. The number of nitrogens with zero attached hydrogens (tertiary/aromatic N) is 4. The van der Waals surface area contributed by atoms with E-state index in [-0.39, 0.29) is 6.54 Å². The summed E-state index contributed by atoms with van der Waals surface area (Å²) in [5.74, 6) is 0.297. The van der Waals surface area contributed by atoms with Crippen LogP contribution in [0.3, 0.4) is 0 Å². The number of nitrogens with two attached hydrogens (primary N) is 1.